The first-order valence-electron chi connectivity index (χ1n) is 19.8. The topological polar surface area (TPSA) is 105 Å². The average Bonchev–Trinajstić information content (AvgIpc) is 3.30. The Labute approximate surface area is 362 Å². The van der Waals surface area contributed by atoms with Crippen LogP contribution in [0.3, 0.4) is 0 Å². The molecule has 0 heterocycles. The second-order valence-electron chi connectivity index (χ2n) is 14.7. The third-order valence-electron chi connectivity index (χ3n) is 10.2. The summed E-state index contributed by atoms with van der Waals surface area (Å²) in [6.07, 6.45) is 1.51. The second-order valence-corrected chi connectivity index (χ2v) is 18.6. The molecule has 8 aromatic carbocycles. The van der Waals surface area contributed by atoms with Crippen molar-refractivity contribution in [2.24, 2.45) is 0 Å². The highest BCUT2D eigenvalue weighted by molar-refractivity contribution is 7.91. The van der Waals surface area contributed by atoms with Crippen LogP contribution in [0.5, 0.6) is 40.2 Å². The number of aryl methyl sites for hydroxylation is 1. The van der Waals surface area contributed by atoms with Crippen LogP contribution in [-0.2, 0) is 32.5 Å². The Morgan fingerprint density at radius 3 is 0.758 bits per heavy atom. The zero-order valence-corrected chi connectivity index (χ0v) is 35.6. The molecule has 0 aliphatic rings. The Bertz CT molecular complexity index is 2970. The summed E-state index contributed by atoms with van der Waals surface area (Å²) in [4.78, 5) is 0.672. The van der Waals surface area contributed by atoms with Crippen LogP contribution in [-0.4, -0.2) is 23.9 Å². The van der Waals surface area contributed by atoms with E-state index in [9.17, 15) is 16.8 Å². The minimum absolute atomic E-state index is 0.156. The summed E-state index contributed by atoms with van der Waals surface area (Å²) in [6, 6.07) is 57.2. The number of ether oxygens (including phenoxy) is 4. The lowest BCUT2D eigenvalue weighted by molar-refractivity contribution is 0.414. The molecule has 0 aliphatic carbocycles. The maximum absolute atomic E-state index is 13.5. The third-order valence-corrected chi connectivity index (χ3v) is 13.8. The van der Waals surface area contributed by atoms with Crippen molar-refractivity contribution in [1.29, 1.82) is 0 Å². The normalized spacial score (nSPS) is 11.5. The number of methoxy groups -OCH3 is 1. The first-order valence-corrected chi connectivity index (χ1v) is 22.8. The van der Waals surface area contributed by atoms with Gasteiger partial charge in [0.05, 0.1) is 26.7 Å². The maximum Gasteiger partial charge on any atom is 0.206 e. The Morgan fingerprint density at radius 2 is 0.516 bits per heavy atom. The Kier molecular flexibility index (Phi) is 12.2. The second kappa shape index (κ2) is 18.2. The smallest absolute Gasteiger partial charge is 0.206 e. The molecule has 0 unspecified atom stereocenters. The minimum atomic E-state index is -3.77. The summed E-state index contributed by atoms with van der Waals surface area (Å²) >= 11 is 0. The van der Waals surface area contributed by atoms with Crippen molar-refractivity contribution in [2.45, 2.75) is 39.3 Å². The molecule has 0 saturated heterocycles. The van der Waals surface area contributed by atoms with Gasteiger partial charge in [-0.2, -0.15) is 0 Å². The molecule has 0 atom stereocenters. The number of rotatable bonds is 15. The molecule has 0 saturated carbocycles. The van der Waals surface area contributed by atoms with Crippen molar-refractivity contribution in [3.63, 3.8) is 0 Å². The fourth-order valence-corrected chi connectivity index (χ4v) is 9.22. The quantitative estimate of drug-likeness (QED) is 0.100. The largest absolute Gasteiger partial charge is 0.497 e. The van der Waals surface area contributed by atoms with Crippen molar-refractivity contribution < 1.29 is 35.8 Å². The van der Waals surface area contributed by atoms with Gasteiger partial charge in [0.15, 0.2) is 0 Å². The molecular weight excluding hydrogens is 817 g/mol. The standard InChI is InChI=1S/C52H42O8S2/c1-37-3-5-38(6-4-37)35-39-7-13-43(14-8-39)58-47-23-31-51(32-24-47)62(55,56)52-33-25-48(26-34-52)60-45-17-11-41(12-18-45)36-40-9-15-44(16-10-40)59-46-21-29-50(30-22-46)61(53,54)49-27-19-42(57-2)20-28-49/h3-34H,35-36H2,1-2H3. The van der Waals surface area contributed by atoms with Crippen molar-refractivity contribution in [3.05, 3.63) is 222 Å². The zero-order chi connectivity index (χ0) is 43.1. The van der Waals surface area contributed by atoms with Gasteiger partial charge in [0.25, 0.3) is 0 Å². The summed E-state index contributed by atoms with van der Waals surface area (Å²) in [5.74, 6) is 4.05. The molecule has 0 bridgehead atoms. The molecule has 10 heteroatoms. The van der Waals surface area contributed by atoms with Gasteiger partial charge in [0, 0.05) is 0 Å². The first kappa shape index (κ1) is 41.6. The Hall–Kier alpha value is -7.14. The fraction of sp³-hybridized carbons (Fsp3) is 0.0769. The van der Waals surface area contributed by atoms with Gasteiger partial charge in [-0.15, -0.1) is 0 Å². The van der Waals surface area contributed by atoms with Crippen LogP contribution >= 0.6 is 0 Å². The Morgan fingerprint density at radius 1 is 0.306 bits per heavy atom. The fourth-order valence-electron chi connectivity index (χ4n) is 6.70. The summed E-state index contributed by atoms with van der Waals surface area (Å²) < 4.78 is 76.1. The minimum Gasteiger partial charge on any atom is -0.497 e. The van der Waals surface area contributed by atoms with E-state index in [-0.39, 0.29) is 19.6 Å². The summed E-state index contributed by atoms with van der Waals surface area (Å²) in [6.45, 7) is 2.08. The van der Waals surface area contributed by atoms with E-state index in [0.29, 0.717) is 46.7 Å². The van der Waals surface area contributed by atoms with Crippen molar-refractivity contribution in [3.8, 4) is 40.2 Å². The lowest BCUT2D eigenvalue weighted by Crippen LogP contribution is -2.01. The van der Waals surface area contributed by atoms with Crippen LogP contribution in [0.15, 0.2) is 214 Å². The van der Waals surface area contributed by atoms with E-state index < -0.39 is 19.7 Å². The molecule has 0 amide bonds. The third kappa shape index (κ3) is 10.1. The average molecular weight is 859 g/mol. The van der Waals surface area contributed by atoms with Crippen molar-refractivity contribution in [1.82, 2.24) is 0 Å². The van der Waals surface area contributed by atoms with E-state index in [0.717, 1.165) is 17.5 Å². The number of hydrogen-bond donors (Lipinski definition) is 0. The molecule has 0 N–H and O–H groups in total. The molecule has 0 fully saturated rings. The zero-order valence-electron chi connectivity index (χ0n) is 34.0. The monoisotopic (exact) mass is 858 g/mol. The summed E-state index contributed by atoms with van der Waals surface area (Å²) in [5.41, 5.74) is 5.80. The lowest BCUT2D eigenvalue weighted by Gasteiger charge is -2.10. The van der Waals surface area contributed by atoms with E-state index in [1.807, 2.05) is 72.8 Å². The molecular formula is C52H42O8S2. The molecule has 8 aromatic rings. The van der Waals surface area contributed by atoms with Crippen LogP contribution in [0.4, 0.5) is 0 Å². The van der Waals surface area contributed by atoms with Gasteiger partial charge in [-0.1, -0.05) is 66.2 Å². The lowest BCUT2D eigenvalue weighted by atomic mass is 10.0. The predicted molar refractivity (Wildman–Crippen MR) is 240 cm³/mol. The van der Waals surface area contributed by atoms with Gasteiger partial charge in [0.1, 0.15) is 40.2 Å². The number of benzene rings is 8. The summed E-state index contributed by atoms with van der Waals surface area (Å²) in [5, 5.41) is 0. The molecule has 8 nitrogen and oxygen atoms in total. The van der Waals surface area contributed by atoms with Crippen LogP contribution < -0.4 is 18.9 Å². The van der Waals surface area contributed by atoms with Crippen molar-refractivity contribution >= 4 is 19.7 Å². The maximum atomic E-state index is 13.5. The van der Waals surface area contributed by atoms with E-state index >= 15 is 0 Å². The molecule has 310 valence electrons. The van der Waals surface area contributed by atoms with E-state index in [2.05, 4.69) is 31.2 Å². The molecule has 0 spiro atoms. The van der Waals surface area contributed by atoms with Crippen LogP contribution in [0.2, 0.25) is 0 Å². The van der Waals surface area contributed by atoms with Gasteiger partial charge >= 0.3 is 0 Å². The Balaban J connectivity index is 0.814. The molecule has 62 heavy (non-hydrogen) atoms. The van der Waals surface area contributed by atoms with E-state index in [4.69, 9.17) is 18.9 Å². The van der Waals surface area contributed by atoms with Gasteiger partial charge in [-0.3, -0.25) is 0 Å². The van der Waals surface area contributed by atoms with Gasteiger partial charge < -0.3 is 18.9 Å². The molecule has 0 radical (unpaired) electrons. The van der Waals surface area contributed by atoms with E-state index in [1.165, 1.54) is 48.1 Å². The van der Waals surface area contributed by atoms with E-state index in [1.54, 1.807) is 72.8 Å². The van der Waals surface area contributed by atoms with Crippen LogP contribution in [0.25, 0.3) is 0 Å². The SMILES string of the molecule is COc1ccc(S(=O)(=O)c2ccc(Oc3ccc(Cc4ccc(Oc5ccc(S(=O)(=O)c6ccc(Oc7ccc(Cc8ccc(C)cc8)cc7)cc6)cc5)cc4)cc3)cc2)cc1. The van der Waals surface area contributed by atoms with Crippen LogP contribution in [0, 0.1) is 6.92 Å². The highest BCUT2D eigenvalue weighted by atomic mass is 32.2. The van der Waals surface area contributed by atoms with Gasteiger partial charge in [-0.25, -0.2) is 16.8 Å². The van der Waals surface area contributed by atoms with Crippen LogP contribution in [0.1, 0.15) is 27.8 Å². The molecule has 8 rings (SSSR count). The first-order chi connectivity index (χ1) is 30.0. The van der Waals surface area contributed by atoms with Crippen molar-refractivity contribution in [2.75, 3.05) is 7.11 Å². The molecule has 0 aliphatic heterocycles. The van der Waals surface area contributed by atoms with Gasteiger partial charge in [-0.05, 0) is 175 Å². The number of sulfone groups is 2. The van der Waals surface area contributed by atoms with Gasteiger partial charge in [0.2, 0.25) is 19.7 Å². The number of hydrogen-bond acceptors (Lipinski definition) is 8. The highest BCUT2D eigenvalue weighted by Crippen LogP contribution is 2.31. The predicted octanol–water partition coefficient (Wildman–Crippen LogP) is 12.2. The summed E-state index contributed by atoms with van der Waals surface area (Å²) in [7, 11) is -5.92. The highest BCUT2D eigenvalue weighted by Gasteiger charge is 2.19. The molecule has 0 aromatic heterocycles.